The molecule has 0 aliphatic heterocycles. The van der Waals surface area contributed by atoms with Crippen LogP contribution >= 0.6 is 15.9 Å². The molecule has 19 heavy (non-hydrogen) atoms. The van der Waals surface area contributed by atoms with Crippen LogP contribution in [0.25, 0.3) is 0 Å². The highest BCUT2D eigenvalue weighted by molar-refractivity contribution is 9.10. The van der Waals surface area contributed by atoms with Crippen LogP contribution in [0.1, 0.15) is 24.1 Å². The second-order valence-corrected chi connectivity index (χ2v) is 5.34. The molecule has 2 N–H and O–H groups in total. The molecule has 0 heterocycles. The Labute approximate surface area is 120 Å². The summed E-state index contributed by atoms with van der Waals surface area (Å²) in [4.78, 5) is 0. The molecule has 0 fully saturated rings. The van der Waals surface area contributed by atoms with Gasteiger partial charge in [0.1, 0.15) is 18.2 Å². The summed E-state index contributed by atoms with van der Waals surface area (Å²) in [5.74, 6) is 0.451. The third-order valence-corrected chi connectivity index (χ3v) is 3.17. The lowest BCUT2D eigenvalue weighted by Gasteiger charge is -2.10. The molecule has 2 aromatic rings. The molecule has 0 aromatic heterocycles. The second kappa shape index (κ2) is 6.17. The smallest absolute Gasteiger partial charge is 0.124 e. The van der Waals surface area contributed by atoms with Gasteiger partial charge in [0.2, 0.25) is 0 Å². The summed E-state index contributed by atoms with van der Waals surface area (Å²) in [7, 11) is 0. The predicted octanol–water partition coefficient (Wildman–Crippen LogP) is 4.19. The third-order valence-electron chi connectivity index (χ3n) is 2.71. The lowest BCUT2D eigenvalue weighted by atomic mass is 10.1. The zero-order valence-electron chi connectivity index (χ0n) is 10.6. The summed E-state index contributed by atoms with van der Waals surface area (Å²) in [5, 5.41) is 0. The SMILES string of the molecule is C[C@H](N)c1cccc(OCc2cc(F)cc(Br)c2)c1. The minimum absolute atomic E-state index is 0.0353. The monoisotopic (exact) mass is 323 g/mol. The van der Waals surface area contributed by atoms with Crippen LogP contribution in [-0.4, -0.2) is 0 Å². The van der Waals surface area contributed by atoms with Crippen molar-refractivity contribution in [1.82, 2.24) is 0 Å². The number of benzene rings is 2. The van der Waals surface area contributed by atoms with Crippen LogP contribution in [0, 0.1) is 5.82 Å². The van der Waals surface area contributed by atoms with Crippen molar-refractivity contribution in [3.05, 3.63) is 63.9 Å². The summed E-state index contributed by atoms with van der Waals surface area (Å²) in [6.07, 6.45) is 0. The molecule has 0 aliphatic carbocycles. The van der Waals surface area contributed by atoms with Gasteiger partial charge >= 0.3 is 0 Å². The Kier molecular flexibility index (Phi) is 4.56. The van der Waals surface area contributed by atoms with E-state index in [1.54, 1.807) is 0 Å². The van der Waals surface area contributed by atoms with Crippen molar-refractivity contribution in [2.75, 3.05) is 0 Å². The molecule has 0 spiro atoms. The van der Waals surface area contributed by atoms with Gasteiger partial charge in [-0.15, -0.1) is 0 Å². The van der Waals surface area contributed by atoms with Crippen LogP contribution in [0.5, 0.6) is 5.75 Å². The van der Waals surface area contributed by atoms with Gasteiger partial charge in [0.25, 0.3) is 0 Å². The Hall–Kier alpha value is -1.39. The number of ether oxygens (including phenoxy) is 1. The average Bonchev–Trinajstić information content (AvgIpc) is 2.35. The molecule has 4 heteroatoms. The number of nitrogens with two attached hydrogens (primary N) is 1. The van der Waals surface area contributed by atoms with E-state index < -0.39 is 0 Å². The van der Waals surface area contributed by atoms with Gasteiger partial charge in [-0.25, -0.2) is 4.39 Å². The number of rotatable bonds is 4. The molecule has 2 nitrogen and oxygen atoms in total. The van der Waals surface area contributed by atoms with E-state index in [0.29, 0.717) is 11.1 Å². The van der Waals surface area contributed by atoms with Crippen molar-refractivity contribution in [1.29, 1.82) is 0 Å². The van der Waals surface area contributed by atoms with Crippen LogP contribution in [0.3, 0.4) is 0 Å². The second-order valence-electron chi connectivity index (χ2n) is 4.43. The molecule has 0 bridgehead atoms. The van der Waals surface area contributed by atoms with E-state index in [-0.39, 0.29) is 11.9 Å². The zero-order chi connectivity index (χ0) is 13.8. The van der Waals surface area contributed by atoms with Gasteiger partial charge in [0.05, 0.1) is 0 Å². The van der Waals surface area contributed by atoms with Crippen molar-refractivity contribution in [3.63, 3.8) is 0 Å². The van der Waals surface area contributed by atoms with Gasteiger partial charge in [-0.3, -0.25) is 0 Å². The van der Waals surface area contributed by atoms with E-state index in [0.717, 1.165) is 16.9 Å². The van der Waals surface area contributed by atoms with Gasteiger partial charge in [0, 0.05) is 10.5 Å². The molecule has 0 saturated heterocycles. The highest BCUT2D eigenvalue weighted by atomic mass is 79.9. The Balaban J connectivity index is 2.07. The van der Waals surface area contributed by atoms with Crippen LogP contribution in [-0.2, 0) is 6.61 Å². The van der Waals surface area contributed by atoms with Gasteiger partial charge in [-0.05, 0) is 48.4 Å². The van der Waals surface area contributed by atoms with Crippen LogP contribution in [0.15, 0.2) is 46.9 Å². The fraction of sp³-hybridized carbons (Fsp3) is 0.200. The van der Waals surface area contributed by atoms with E-state index >= 15 is 0 Å². The summed E-state index contributed by atoms with van der Waals surface area (Å²) in [6.45, 7) is 2.24. The van der Waals surface area contributed by atoms with Crippen molar-refractivity contribution in [2.24, 2.45) is 5.73 Å². The highest BCUT2D eigenvalue weighted by Crippen LogP contribution is 2.20. The topological polar surface area (TPSA) is 35.2 Å². The molecular formula is C15H15BrFNO. The van der Waals surface area contributed by atoms with E-state index in [2.05, 4.69) is 15.9 Å². The molecule has 2 aromatic carbocycles. The largest absolute Gasteiger partial charge is 0.489 e. The van der Waals surface area contributed by atoms with Crippen molar-refractivity contribution >= 4 is 15.9 Å². The first kappa shape index (κ1) is 14.0. The first-order chi connectivity index (χ1) is 9.04. The Morgan fingerprint density at radius 1 is 1.26 bits per heavy atom. The quantitative estimate of drug-likeness (QED) is 0.915. The molecule has 0 saturated carbocycles. The van der Waals surface area contributed by atoms with E-state index in [9.17, 15) is 4.39 Å². The molecule has 100 valence electrons. The van der Waals surface area contributed by atoms with E-state index in [1.165, 1.54) is 12.1 Å². The lowest BCUT2D eigenvalue weighted by Crippen LogP contribution is -2.05. The molecular weight excluding hydrogens is 309 g/mol. The van der Waals surface area contributed by atoms with Crippen LogP contribution in [0.2, 0.25) is 0 Å². The summed E-state index contributed by atoms with van der Waals surface area (Å²) in [6, 6.07) is 12.3. The summed E-state index contributed by atoms with van der Waals surface area (Å²) in [5.41, 5.74) is 7.61. The van der Waals surface area contributed by atoms with Crippen molar-refractivity contribution in [2.45, 2.75) is 19.6 Å². The molecule has 0 amide bonds. The zero-order valence-corrected chi connectivity index (χ0v) is 12.2. The average molecular weight is 324 g/mol. The fourth-order valence-electron chi connectivity index (χ4n) is 1.75. The van der Waals surface area contributed by atoms with Gasteiger partial charge in [-0.2, -0.15) is 0 Å². The summed E-state index contributed by atoms with van der Waals surface area (Å²) >= 11 is 3.26. The van der Waals surface area contributed by atoms with Crippen LogP contribution in [0.4, 0.5) is 4.39 Å². The van der Waals surface area contributed by atoms with Crippen LogP contribution < -0.4 is 10.5 Å². The number of hydrogen-bond acceptors (Lipinski definition) is 2. The standard InChI is InChI=1S/C15H15BrFNO/c1-10(18)12-3-2-4-15(7-12)19-9-11-5-13(16)8-14(17)6-11/h2-8,10H,9,18H2,1H3/t10-/m0/s1. The van der Waals surface area contributed by atoms with Gasteiger partial charge in [-0.1, -0.05) is 28.1 Å². The summed E-state index contributed by atoms with van der Waals surface area (Å²) < 4.78 is 19.6. The number of hydrogen-bond donors (Lipinski definition) is 1. The maximum atomic E-state index is 13.2. The Bertz CT molecular complexity index is 552. The first-order valence-electron chi connectivity index (χ1n) is 5.98. The molecule has 0 unspecified atom stereocenters. The minimum Gasteiger partial charge on any atom is -0.489 e. The lowest BCUT2D eigenvalue weighted by molar-refractivity contribution is 0.305. The highest BCUT2D eigenvalue weighted by Gasteiger charge is 2.03. The first-order valence-corrected chi connectivity index (χ1v) is 6.77. The van der Waals surface area contributed by atoms with E-state index in [4.69, 9.17) is 10.5 Å². The van der Waals surface area contributed by atoms with Crippen molar-refractivity contribution < 1.29 is 9.13 Å². The molecule has 0 radical (unpaired) electrons. The third kappa shape index (κ3) is 4.04. The Morgan fingerprint density at radius 2 is 2.05 bits per heavy atom. The maximum Gasteiger partial charge on any atom is 0.124 e. The van der Waals surface area contributed by atoms with Crippen molar-refractivity contribution in [3.8, 4) is 5.75 Å². The number of halogens is 2. The molecule has 2 rings (SSSR count). The minimum atomic E-state index is -0.280. The normalized spacial score (nSPS) is 12.2. The fourth-order valence-corrected chi connectivity index (χ4v) is 2.26. The van der Waals surface area contributed by atoms with Gasteiger partial charge < -0.3 is 10.5 Å². The van der Waals surface area contributed by atoms with Gasteiger partial charge in [0.15, 0.2) is 0 Å². The van der Waals surface area contributed by atoms with E-state index in [1.807, 2.05) is 37.3 Å². The predicted molar refractivity (Wildman–Crippen MR) is 77.5 cm³/mol. The molecule has 0 aliphatic rings. The maximum absolute atomic E-state index is 13.2. The Morgan fingerprint density at radius 3 is 2.74 bits per heavy atom. The molecule has 1 atom stereocenters.